The number of nitrogens with zero attached hydrogens (tertiary/aromatic N) is 3. The predicted octanol–water partition coefficient (Wildman–Crippen LogP) is 1.20. The summed E-state index contributed by atoms with van der Waals surface area (Å²) in [6, 6.07) is 1.76. The van der Waals surface area contributed by atoms with E-state index in [1.165, 1.54) is 6.20 Å². The Morgan fingerprint density at radius 1 is 1.48 bits per heavy atom. The lowest BCUT2D eigenvalue weighted by atomic mass is 9.98. The van der Waals surface area contributed by atoms with Gasteiger partial charge in [0.2, 0.25) is 0 Å². The van der Waals surface area contributed by atoms with Crippen molar-refractivity contribution in [2.45, 2.75) is 19.8 Å². The first-order valence-corrected chi connectivity index (χ1v) is 6.89. The predicted molar refractivity (Wildman–Crippen MR) is 74.9 cm³/mol. The van der Waals surface area contributed by atoms with E-state index in [2.05, 4.69) is 15.2 Å². The fraction of sp³-hybridized carbons (Fsp3) is 0.429. The van der Waals surface area contributed by atoms with E-state index in [1.54, 1.807) is 11.0 Å². The molecule has 7 heteroatoms. The zero-order valence-corrected chi connectivity index (χ0v) is 11.7. The number of piperidine rings is 1. The van der Waals surface area contributed by atoms with E-state index in [9.17, 15) is 9.59 Å². The van der Waals surface area contributed by atoms with Crippen molar-refractivity contribution >= 4 is 22.9 Å². The van der Waals surface area contributed by atoms with Gasteiger partial charge in [0.15, 0.2) is 5.65 Å². The number of carbonyl (C=O) groups is 2. The summed E-state index contributed by atoms with van der Waals surface area (Å²) < 4.78 is 0. The SMILES string of the molecule is Cc1[nH]nc2ncc(C(=O)N3CCC[C@@H](C(=O)O)C3)cc12. The van der Waals surface area contributed by atoms with Crippen LogP contribution in [0.1, 0.15) is 28.9 Å². The molecule has 1 fully saturated rings. The second-order valence-electron chi connectivity index (χ2n) is 5.37. The summed E-state index contributed by atoms with van der Waals surface area (Å²) in [5.74, 6) is -1.49. The molecule has 0 aliphatic carbocycles. The average molecular weight is 288 g/mol. The van der Waals surface area contributed by atoms with Crippen LogP contribution in [0.4, 0.5) is 0 Å². The largest absolute Gasteiger partial charge is 0.481 e. The molecule has 3 heterocycles. The highest BCUT2D eigenvalue weighted by Crippen LogP contribution is 2.20. The number of aryl methyl sites for hydroxylation is 1. The Hall–Kier alpha value is -2.44. The third-order valence-electron chi connectivity index (χ3n) is 3.90. The molecule has 1 aliphatic heterocycles. The van der Waals surface area contributed by atoms with E-state index < -0.39 is 11.9 Å². The molecule has 1 aliphatic rings. The van der Waals surface area contributed by atoms with Crippen LogP contribution in [0.5, 0.6) is 0 Å². The monoisotopic (exact) mass is 288 g/mol. The minimum Gasteiger partial charge on any atom is -0.481 e. The fourth-order valence-corrected chi connectivity index (χ4v) is 2.68. The van der Waals surface area contributed by atoms with E-state index in [4.69, 9.17) is 5.11 Å². The van der Waals surface area contributed by atoms with Crippen molar-refractivity contribution in [2.75, 3.05) is 13.1 Å². The summed E-state index contributed by atoms with van der Waals surface area (Å²) in [6.45, 7) is 2.72. The zero-order valence-electron chi connectivity index (χ0n) is 11.7. The minimum absolute atomic E-state index is 0.170. The molecule has 0 spiro atoms. The van der Waals surface area contributed by atoms with Gasteiger partial charge >= 0.3 is 5.97 Å². The number of nitrogens with one attached hydrogen (secondary N) is 1. The number of carboxylic acid groups (broad SMARTS) is 1. The number of carbonyl (C=O) groups excluding carboxylic acids is 1. The van der Waals surface area contributed by atoms with Crippen LogP contribution in [-0.2, 0) is 4.79 Å². The second kappa shape index (κ2) is 5.16. The quantitative estimate of drug-likeness (QED) is 0.865. The van der Waals surface area contributed by atoms with Crippen molar-refractivity contribution in [3.63, 3.8) is 0 Å². The topological polar surface area (TPSA) is 99.2 Å². The number of likely N-dealkylation sites (tertiary alicyclic amines) is 1. The van der Waals surface area contributed by atoms with Gasteiger partial charge in [-0.05, 0) is 25.8 Å². The molecule has 1 atom stereocenters. The third-order valence-corrected chi connectivity index (χ3v) is 3.90. The van der Waals surface area contributed by atoms with Crippen LogP contribution in [0.3, 0.4) is 0 Å². The number of hydrogen-bond donors (Lipinski definition) is 2. The number of aromatic amines is 1. The number of aliphatic carboxylic acids is 1. The summed E-state index contributed by atoms with van der Waals surface area (Å²) in [4.78, 5) is 29.4. The number of pyridine rings is 1. The molecule has 0 saturated carbocycles. The van der Waals surface area contributed by atoms with Crippen LogP contribution < -0.4 is 0 Å². The number of amides is 1. The molecule has 2 aromatic rings. The highest BCUT2D eigenvalue weighted by atomic mass is 16.4. The van der Waals surface area contributed by atoms with Crippen molar-refractivity contribution in [2.24, 2.45) is 5.92 Å². The van der Waals surface area contributed by atoms with E-state index >= 15 is 0 Å². The Bertz CT molecular complexity index is 709. The standard InChI is InChI=1S/C14H16N4O3/c1-8-11-5-10(6-15-12(11)17-16-8)13(19)18-4-2-3-9(7-18)14(20)21/h5-6,9H,2-4,7H2,1H3,(H,20,21)(H,15,16,17)/t9-/m1/s1. The maximum atomic E-state index is 12.5. The third kappa shape index (κ3) is 2.46. The maximum absolute atomic E-state index is 12.5. The van der Waals surface area contributed by atoms with Crippen molar-refractivity contribution in [1.29, 1.82) is 0 Å². The van der Waals surface area contributed by atoms with Gasteiger partial charge in [-0.25, -0.2) is 4.98 Å². The zero-order chi connectivity index (χ0) is 15.0. The molecule has 0 unspecified atom stereocenters. The molecule has 2 aromatic heterocycles. The van der Waals surface area contributed by atoms with Gasteiger partial charge in [0, 0.05) is 30.4 Å². The van der Waals surface area contributed by atoms with Gasteiger partial charge in [-0.3, -0.25) is 14.7 Å². The normalized spacial score (nSPS) is 18.9. The van der Waals surface area contributed by atoms with E-state index in [0.29, 0.717) is 30.6 Å². The van der Waals surface area contributed by atoms with Crippen LogP contribution in [0.25, 0.3) is 11.0 Å². The number of carboxylic acids is 1. The fourth-order valence-electron chi connectivity index (χ4n) is 2.68. The lowest BCUT2D eigenvalue weighted by molar-refractivity contribution is -0.143. The summed E-state index contributed by atoms with van der Waals surface area (Å²) in [6.07, 6.45) is 2.83. The first-order chi connectivity index (χ1) is 10.1. The molecule has 1 amide bonds. The van der Waals surface area contributed by atoms with Gasteiger partial charge in [0.05, 0.1) is 11.5 Å². The van der Waals surface area contributed by atoms with Crippen molar-refractivity contribution in [1.82, 2.24) is 20.1 Å². The summed E-state index contributed by atoms with van der Waals surface area (Å²) >= 11 is 0. The molecule has 0 radical (unpaired) electrons. The Kier molecular flexibility index (Phi) is 3.32. The Labute approximate surface area is 121 Å². The number of H-pyrrole nitrogens is 1. The van der Waals surface area contributed by atoms with E-state index in [1.807, 2.05) is 6.92 Å². The van der Waals surface area contributed by atoms with Crippen LogP contribution in [0.15, 0.2) is 12.3 Å². The molecule has 7 nitrogen and oxygen atoms in total. The Morgan fingerprint density at radius 2 is 2.29 bits per heavy atom. The van der Waals surface area contributed by atoms with Crippen LogP contribution >= 0.6 is 0 Å². The Morgan fingerprint density at radius 3 is 3.05 bits per heavy atom. The van der Waals surface area contributed by atoms with Crippen LogP contribution in [0, 0.1) is 12.8 Å². The van der Waals surface area contributed by atoms with E-state index in [-0.39, 0.29) is 12.5 Å². The first kappa shape index (κ1) is 13.5. The smallest absolute Gasteiger partial charge is 0.308 e. The van der Waals surface area contributed by atoms with Gasteiger partial charge in [-0.15, -0.1) is 0 Å². The van der Waals surface area contributed by atoms with Crippen LogP contribution in [-0.4, -0.2) is 50.2 Å². The summed E-state index contributed by atoms with van der Waals surface area (Å²) in [7, 11) is 0. The molecule has 0 bridgehead atoms. The minimum atomic E-state index is -0.841. The van der Waals surface area contributed by atoms with Gasteiger partial charge in [-0.1, -0.05) is 0 Å². The molecule has 3 rings (SSSR count). The first-order valence-electron chi connectivity index (χ1n) is 6.89. The number of fused-ring (bicyclic) bond motifs is 1. The van der Waals surface area contributed by atoms with Crippen LogP contribution in [0.2, 0.25) is 0 Å². The highest BCUT2D eigenvalue weighted by Gasteiger charge is 2.28. The molecule has 1 saturated heterocycles. The molecule has 2 N–H and O–H groups in total. The summed E-state index contributed by atoms with van der Waals surface area (Å²) in [5, 5.41) is 16.8. The molecule has 110 valence electrons. The molecular formula is C14H16N4O3. The second-order valence-corrected chi connectivity index (χ2v) is 5.37. The van der Waals surface area contributed by atoms with Gasteiger partial charge in [0.1, 0.15) is 0 Å². The summed E-state index contributed by atoms with van der Waals surface area (Å²) in [5.41, 5.74) is 1.90. The number of hydrogen-bond acceptors (Lipinski definition) is 4. The van der Waals surface area contributed by atoms with E-state index in [0.717, 1.165) is 11.1 Å². The highest BCUT2D eigenvalue weighted by molar-refractivity contribution is 5.97. The van der Waals surface area contributed by atoms with Crippen molar-refractivity contribution in [3.8, 4) is 0 Å². The lowest BCUT2D eigenvalue weighted by Crippen LogP contribution is -2.42. The number of aromatic nitrogens is 3. The van der Waals surface area contributed by atoms with Crippen molar-refractivity contribution in [3.05, 3.63) is 23.5 Å². The molecular weight excluding hydrogens is 272 g/mol. The van der Waals surface area contributed by atoms with Gasteiger partial charge < -0.3 is 10.0 Å². The molecule has 0 aromatic carbocycles. The van der Waals surface area contributed by atoms with Gasteiger partial charge in [-0.2, -0.15) is 5.10 Å². The maximum Gasteiger partial charge on any atom is 0.308 e. The number of rotatable bonds is 2. The Balaban J connectivity index is 1.85. The van der Waals surface area contributed by atoms with Gasteiger partial charge in [0.25, 0.3) is 5.91 Å². The van der Waals surface area contributed by atoms with Crippen molar-refractivity contribution < 1.29 is 14.7 Å². The lowest BCUT2D eigenvalue weighted by Gasteiger charge is -2.30. The molecule has 21 heavy (non-hydrogen) atoms. The average Bonchev–Trinajstić information content (AvgIpc) is 2.87.